The molecule has 1 aliphatic rings. The Bertz CT molecular complexity index is 899. The normalized spacial score (nSPS) is 18.0. The van der Waals surface area contributed by atoms with E-state index in [0.717, 1.165) is 42.7 Å². The summed E-state index contributed by atoms with van der Waals surface area (Å²) in [6.45, 7) is 5.02. The minimum Gasteiger partial charge on any atom is -0.481 e. The topological polar surface area (TPSA) is 59.0 Å². The molecule has 0 aliphatic carbocycles. The van der Waals surface area contributed by atoms with Gasteiger partial charge in [0.1, 0.15) is 5.82 Å². The second-order valence-corrected chi connectivity index (χ2v) is 7.32. The summed E-state index contributed by atoms with van der Waals surface area (Å²) >= 11 is 0. The van der Waals surface area contributed by atoms with Gasteiger partial charge in [0.25, 0.3) is 0 Å². The smallest absolute Gasteiger partial charge is 0.216 e. The zero-order chi connectivity index (χ0) is 18.8. The summed E-state index contributed by atoms with van der Waals surface area (Å²) < 4.78 is 7.38. The monoisotopic (exact) mass is 365 g/mol. The molecular weight excluding hydrogens is 338 g/mol. The number of H-pyrrole nitrogens is 1. The van der Waals surface area contributed by atoms with Crippen LogP contribution in [0.15, 0.2) is 36.5 Å². The molecule has 0 saturated carbocycles. The van der Waals surface area contributed by atoms with Gasteiger partial charge in [0, 0.05) is 26.1 Å². The molecule has 6 nitrogen and oxygen atoms in total. The molecule has 4 rings (SSSR count). The number of aromatic amines is 1. The van der Waals surface area contributed by atoms with Gasteiger partial charge in [-0.25, -0.2) is 9.67 Å². The highest BCUT2D eigenvalue weighted by Gasteiger charge is 2.26. The van der Waals surface area contributed by atoms with Crippen molar-refractivity contribution in [1.29, 1.82) is 0 Å². The number of nitrogens with zero attached hydrogens (tertiary/aromatic N) is 4. The molecule has 1 fully saturated rings. The summed E-state index contributed by atoms with van der Waals surface area (Å²) in [6, 6.07) is 10.4. The van der Waals surface area contributed by atoms with Gasteiger partial charge < -0.3 is 9.72 Å². The number of likely N-dealkylation sites (tertiary alicyclic amines) is 1. The van der Waals surface area contributed by atoms with Gasteiger partial charge in [0.05, 0.1) is 30.3 Å². The van der Waals surface area contributed by atoms with Gasteiger partial charge in [-0.2, -0.15) is 5.10 Å². The third-order valence-electron chi connectivity index (χ3n) is 5.44. The first-order chi connectivity index (χ1) is 13.2. The van der Waals surface area contributed by atoms with Crippen molar-refractivity contribution in [2.24, 2.45) is 7.05 Å². The molecule has 142 valence electrons. The lowest BCUT2D eigenvalue weighted by Crippen LogP contribution is -2.34. The highest BCUT2D eigenvalue weighted by molar-refractivity contribution is 5.58. The highest BCUT2D eigenvalue weighted by atomic mass is 16.5. The lowest BCUT2D eigenvalue weighted by molar-refractivity contribution is 0.194. The van der Waals surface area contributed by atoms with Gasteiger partial charge in [-0.15, -0.1) is 0 Å². The standard InChI is InChI=1S/C21H27N5O/c1-15-18(21(27-3)25(2)24-15)14-26-11-7-10-17(13-26)20-22-12-19(23-20)16-8-5-4-6-9-16/h4-6,8-9,12,17H,7,10-11,13-14H2,1-3H3,(H,22,23). The minimum atomic E-state index is 0.430. The zero-order valence-corrected chi connectivity index (χ0v) is 16.3. The van der Waals surface area contributed by atoms with Crippen molar-refractivity contribution in [3.05, 3.63) is 53.6 Å². The molecule has 3 heterocycles. The third kappa shape index (κ3) is 3.62. The van der Waals surface area contributed by atoms with Crippen LogP contribution in [0, 0.1) is 6.92 Å². The molecular formula is C21H27N5O. The number of imidazole rings is 1. The molecule has 0 amide bonds. The van der Waals surface area contributed by atoms with Crippen molar-refractivity contribution in [1.82, 2.24) is 24.6 Å². The largest absolute Gasteiger partial charge is 0.481 e. The van der Waals surface area contributed by atoms with Gasteiger partial charge in [-0.1, -0.05) is 30.3 Å². The SMILES string of the molecule is COc1c(CN2CCCC(c3ncc(-c4ccccc4)[nH]3)C2)c(C)nn1C. The van der Waals surface area contributed by atoms with E-state index in [-0.39, 0.29) is 0 Å². The fourth-order valence-corrected chi connectivity index (χ4v) is 4.07. The summed E-state index contributed by atoms with van der Waals surface area (Å²) in [5.74, 6) is 2.38. The van der Waals surface area contributed by atoms with Crippen molar-refractivity contribution in [2.45, 2.75) is 32.2 Å². The summed E-state index contributed by atoms with van der Waals surface area (Å²) in [5.41, 5.74) is 4.50. The van der Waals surface area contributed by atoms with Gasteiger partial charge in [-0.05, 0) is 31.9 Å². The molecule has 1 N–H and O–H groups in total. The summed E-state index contributed by atoms with van der Waals surface area (Å²) in [4.78, 5) is 10.7. The van der Waals surface area contributed by atoms with Crippen LogP contribution in [-0.2, 0) is 13.6 Å². The molecule has 2 aromatic heterocycles. The van der Waals surface area contributed by atoms with Gasteiger partial charge >= 0.3 is 0 Å². The van der Waals surface area contributed by atoms with Crippen molar-refractivity contribution in [3.8, 4) is 17.1 Å². The van der Waals surface area contributed by atoms with Gasteiger partial charge in [0.15, 0.2) is 0 Å². The van der Waals surface area contributed by atoms with Crippen LogP contribution in [0.25, 0.3) is 11.3 Å². The highest BCUT2D eigenvalue weighted by Crippen LogP contribution is 2.30. The summed E-state index contributed by atoms with van der Waals surface area (Å²) in [6.07, 6.45) is 4.30. The number of rotatable bonds is 5. The first kappa shape index (κ1) is 17.8. The Morgan fingerprint density at radius 2 is 2.07 bits per heavy atom. The quantitative estimate of drug-likeness (QED) is 0.752. The maximum absolute atomic E-state index is 5.56. The number of benzene rings is 1. The Kier molecular flexibility index (Phi) is 4.99. The molecule has 0 radical (unpaired) electrons. The van der Waals surface area contributed by atoms with Crippen LogP contribution in [0.3, 0.4) is 0 Å². The molecule has 0 bridgehead atoms. The zero-order valence-electron chi connectivity index (χ0n) is 16.3. The number of aromatic nitrogens is 4. The number of hydrogen-bond donors (Lipinski definition) is 1. The van der Waals surface area contributed by atoms with Crippen LogP contribution in [0.5, 0.6) is 5.88 Å². The minimum absolute atomic E-state index is 0.430. The first-order valence-electron chi connectivity index (χ1n) is 9.55. The number of nitrogens with one attached hydrogen (secondary N) is 1. The van der Waals surface area contributed by atoms with E-state index in [0.29, 0.717) is 5.92 Å². The Hall–Kier alpha value is -2.60. The van der Waals surface area contributed by atoms with Crippen molar-refractivity contribution < 1.29 is 4.74 Å². The number of methoxy groups -OCH3 is 1. The molecule has 1 atom stereocenters. The summed E-state index contributed by atoms with van der Waals surface area (Å²) in [5, 5.41) is 4.51. The Morgan fingerprint density at radius 3 is 2.85 bits per heavy atom. The maximum Gasteiger partial charge on any atom is 0.216 e. The number of piperidine rings is 1. The second-order valence-electron chi connectivity index (χ2n) is 7.32. The molecule has 1 saturated heterocycles. The van der Waals surface area contributed by atoms with Crippen molar-refractivity contribution in [3.63, 3.8) is 0 Å². The second kappa shape index (κ2) is 7.56. The Balaban J connectivity index is 1.48. The van der Waals surface area contributed by atoms with E-state index in [2.05, 4.69) is 51.2 Å². The predicted molar refractivity (Wildman–Crippen MR) is 106 cm³/mol. The van der Waals surface area contributed by atoms with Gasteiger partial charge in [-0.3, -0.25) is 4.90 Å². The van der Waals surface area contributed by atoms with Crippen LogP contribution >= 0.6 is 0 Å². The number of hydrogen-bond acceptors (Lipinski definition) is 4. The van der Waals surface area contributed by atoms with Crippen LogP contribution in [0.2, 0.25) is 0 Å². The Labute approximate surface area is 160 Å². The van der Waals surface area contributed by atoms with Crippen molar-refractivity contribution >= 4 is 0 Å². The van der Waals surface area contributed by atoms with Crippen LogP contribution < -0.4 is 4.74 Å². The fourth-order valence-electron chi connectivity index (χ4n) is 4.07. The number of ether oxygens (including phenoxy) is 1. The van der Waals surface area contributed by atoms with E-state index in [1.54, 1.807) is 7.11 Å². The first-order valence-corrected chi connectivity index (χ1v) is 9.55. The molecule has 1 aliphatic heterocycles. The van der Waals surface area contributed by atoms with E-state index < -0.39 is 0 Å². The van der Waals surface area contributed by atoms with Crippen LogP contribution in [0.1, 0.15) is 35.8 Å². The average molecular weight is 365 g/mol. The molecule has 6 heteroatoms. The van der Waals surface area contributed by atoms with E-state index in [4.69, 9.17) is 4.74 Å². The molecule has 3 aromatic rings. The summed E-state index contributed by atoms with van der Waals surface area (Å²) in [7, 11) is 3.65. The molecule has 0 spiro atoms. The van der Waals surface area contributed by atoms with E-state index in [1.165, 1.54) is 24.0 Å². The third-order valence-corrected chi connectivity index (χ3v) is 5.44. The molecule has 1 unspecified atom stereocenters. The molecule has 27 heavy (non-hydrogen) atoms. The fraction of sp³-hybridized carbons (Fsp3) is 0.429. The number of aryl methyl sites for hydroxylation is 2. The lowest BCUT2D eigenvalue weighted by atomic mass is 9.97. The van der Waals surface area contributed by atoms with Crippen molar-refractivity contribution in [2.75, 3.05) is 20.2 Å². The van der Waals surface area contributed by atoms with Gasteiger partial charge in [0.2, 0.25) is 5.88 Å². The van der Waals surface area contributed by atoms with E-state index in [9.17, 15) is 0 Å². The van der Waals surface area contributed by atoms with E-state index >= 15 is 0 Å². The Morgan fingerprint density at radius 1 is 1.26 bits per heavy atom. The lowest BCUT2D eigenvalue weighted by Gasteiger charge is -2.31. The molecule has 1 aromatic carbocycles. The van der Waals surface area contributed by atoms with Crippen LogP contribution in [-0.4, -0.2) is 44.8 Å². The maximum atomic E-state index is 5.56. The predicted octanol–water partition coefficient (Wildman–Crippen LogP) is 3.51. The van der Waals surface area contributed by atoms with E-state index in [1.807, 2.05) is 24.0 Å². The average Bonchev–Trinajstić information content (AvgIpc) is 3.28. The van der Waals surface area contributed by atoms with Crippen LogP contribution in [0.4, 0.5) is 0 Å².